The third-order valence-electron chi connectivity index (χ3n) is 3.47. The number of H-pyrrole nitrogens is 1. The number of benzene rings is 2. The van der Waals surface area contributed by atoms with Crippen LogP contribution >= 0.6 is 0 Å². The standard InChI is InChI=1S/C16H10N4O2/c21-15-8-17-11-6-5-10(7-13(11)19-15)20-14-4-2-1-3-12(14)18-9-16(20)22/h1-9H,(H,19,21). The van der Waals surface area contributed by atoms with Crippen LogP contribution in [0.3, 0.4) is 0 Å². The van der Waals surface area contributed by atoms with Crippen molar-refractivity contribution in [3.63, 3.8) is 0 Å². The van der Waals surface area contributed by atoms with Crippen LogP contribution in [0.5, 0.6) is 0 Å². The van der Waals surface area contributed by atoms with E-state index in [-0.39, 0.29) is 11.1 Å². The van der Waals surface area contributed by atoms with Crippen molar-refractivity contribution in [2.45, 2.75) is 0 Å². The van der Waals surface area contributed by atoms with E-state index in [2.05, 4.69) is 15.0 Å². The number of para-hydroxylation sites is 2. The highest BCUT2D eigenvalue weighted by molar-refractivity contribution is 5.80. The maximum atomic E-state index is 12.2. The van der Waals surface area contributed by atoms with E-state index in [0.29, 0.717) is 22.2 Å². The number of hydrogen-bond donors (Lipinski definition) is 1. The average Bonchev–Trinajstić information content (AvgIpc) is 2.54. The largest absolute Gasteiger partial charge is 0.319 e. The van der Waals surface area contributed by atoms with Gasteiger partial charge < -0.3 is 4.98 Å². The third-order valence-corrected chi connectivity index (χ3v) is 3.47. The van der Waals surface area contributed by atoms with Crippen LogP contribution in [0.25, 0.3) is 27.8 Å². The normalized spacial score (nSPS) is 11.1. The topological polar surface area (TPSA) is 80.6 Å². The minimum Gasteiger partial charge on any atom is -0.319 e. The second kappa shape index (κ2) is 4.63. The van der Waals surface area contributed by atoms with Gasteiger partial charge in [0.15, 0.2) is 0 Å². The van der Waals surface area contributed by atoms with Crippen LogP contribution in [-0.2, 0) is 0 Å². The molecule has 0 saturated heterocycles. The Kier molecular flexibility index (Phi) is 2.62. The van der Waals surface area contributed by atoms with Gasteiger partial charge in [-0.1, -0.05) is 12.1 Å². The van der Waals surface area contributed by atoms with Gasteiger partial charge in [-0.3, -0.25) is 14.2 Å². The molecule has 0 radical (unpaired) electrons. The van der Waals surface area contributed by atoms with E-state index < -0.39 is 0 Å². The highest BCUT2D eigenvalue weighted by atomic mass is 16.1. The van der Waals surface area contributed by atoms with E-state index in [1.165, 1.54) is 12.4 Å². The first-order chi connectivity index (χ1) is 10.7. The fraction of sp³-hybridized carbons (Fsp3) is 0. The number of fused-ring (bicyclic) bond motifs is 2. The molecule has 0 aliphatic rings. The van der Waals surface area contributed by atoms with E-state index in [4.69, 9.17) is 0 Å². The molecule has 0 spiro atoms. The zero-order chi connectivity index (χ0) is 15.1. The number of hydrogen-bond acceptors (Lipinski definition) is 4. The molecule has 0 fully saturated rings. The smallest absolute Gasteiger partial charge is 0.274 e. The number of nitrogens with one attached hydrogen (secondary N) is 1. The van der Waals surface area contributed by atoms with Gasteiger partial charge in [0.1, 0.15) is 0 Å². The fourth-order valence-corrected chi connectivity index (χ4v) is 2.50. The third kappa shape index (κ3) is 1.89. The molecule has 22 heavy (non-hydrogen) atoms. The van der Waals surface area contributed by atoms with Gasteiger partial charge in [-0.25, -0.2) is 9.97 Å². The van der Waals surface area contributed by atoms with Crippen LogP contribution in [-0.4, -0.2) is 19.5 Å². The van der Waals surface area contributed by atoms with Crippen LogP contribution in [0, 0.1) is 0 Å². The van der Waals surface area contributed by atoms with Crippen LogP contribution in [0.15, 0.2) is 64.4 Å². The molecule has 0 unspecified atom stereocenters. The molecule has 0 aliphatic carbocycles. The minimum absolute atomic E-state index is 0.232. The zero-order valence-corrected chi connectivity index (χ0v) is 11.4. The molecular weight excluding hydrogens is 280 g/mol. The molecule has 6 heteroatoms. The summed E-state index contributed by atoms with van der Waals surface area (Å²) in [6, 6.07) is 12.7. The van der Waals surface area contributed by atoms with E-state index >= 15 is 0 Å². The lowest BCUT2D eigenvalue weighted by Crippen LogP contribution is -2.18. The Labute approximate surface area is 123 Å². The highest BCUT2D eigenvalue weighted by Gasteiger charge is 2.07. The quantitative estimate of drug-likeness (QED) is 0.577. The van der Waals surface area contributed by atoms with E-state index in [9.17, 15) is 9.59 Å². The molecule has 106 valence electrons. The average molecular weight is 290 g/mol. The summed E-state index contributed by atoms with van der Waals surface area (Å²) < 4.78 is 1.56. The highest BCUT2D eigenvalue weighted by Crippen LogP contribution is 2.17. The van der Waals surface area contributed by atoms with Crippen molar-refractivity contribution in [2.75, 3.05) is 0 Å². The number of aromatic amines is 1. The molecule has 6 nitrogen and oxygen atoms in total. The van der Waals surface area contributed by atoms with E-state index in [0.717, 1.165) is 5.52 Å². The lowest BCUT2D eigenvalue weighted by molar-refractivity contribution is 1.02. The van der Waals surface area contributed by atoms with E-state index in [1.54, 1.807) is 22.8 Å². The lowest BCUT2D eigenvalue weighted by atomic mass is 10.2. The Balaban J connectivity index is 2.09. The number of rotatable bonds is 1. The summed E-state index contributed by atoms with van der Waals surface area (Å²) in [7, 11) is 0. The molecule has 0 atom stereocenters. The first-order valence-electron chi connectivity index (χ1n) is 6.69. The summed E-state index contributed by atoms with van der Waals surface area (Å²) >= 11 is 0. The SMILES string of the molecule is O=c1cnc2ccc(-n3c(=O)cnc4ccccc43)cc2[nH]1. The molecule has 2 aromatic heterocycles. The molecular formula is C16H10N4O2. The number of nitrogens with zero attached hydrogens (tertiary/aromatic N) is 3. The predicted octanol–water partition coefficient (Wildman–Crippen LogP) is 1.62. The van der Waals surface area contributed by atoms with Crippen molar-refractivity contribution in [1.29, 1.82) is 0 Å². The van der Waals surface area contributed by atoms with Gasteiger partial charge in [0, 0.05) is 0 Å². The fourth-order valence-electron chi connectivity index (χ4n) is 2.50. The number of aromatic nitrogens is 4. The van der Waals surface area contributed by atoms with Crippen molar-refractivity contribution in [2.24, 2.45) is 0 Å². The first-order valence-corrected chi connectivity index (χ1v) is 6.69. The van der Waals surface area contributed by atoms with Crippen LogP contribution in [0.4, 0.5) is 0 Å². The maximum absolute atomic E-state index is 12.2. The molecule has 0 bridgehead atoms. The zero-order valence-electron chi connectivity index (χ0n) is 11.4. The van der Waals surface area contributed by atoms with Gasteiger partial charge in [0.25, 0.3) is 11.1 Å². The van der Waals surface area contributed by atoms with Gasteiger partial charge in [0.2, 0.25) is 0 Å². The summed E-state index contributed by atoms with van der Waals surface area (Å²) in [6.07, 6.45) is 2.52. The molecule has 2 aromatic carbocycles. The molecule has 1 N–H and O–H groups in total. The van der Waals surface area contributed by atoms with Crippen molar-refractivity contribution >= 4 is 22.1 Å². The van der Waals surface area contributed by atoms with Crippen molar-refractivity contribution in [3.05, 3.63) is 75.6 Å². The van der Waals surface area contributed by atoms with E-state index in [1.807, 2.05) is 24.3 Å². The Hall–Kier alpha value is -3.28. The predicted molar refractivity (Wildman–Crippen MR) is 83.3 cm³/mol. The Morgan fingerprint density at radius 1 is 0.909 bits per heavy atom. The molecule has 2 heterocycles. The summed E-state index contributed by atoms with van der Waals surface area (Å²) in [6.45, 7) is 0. The monoisotopic (exact) mass is 290 g/mol. The van der Waals surface area contributed by atoms with Crippen molar-refractivity contribution in [1.82, 2.24) is 19.5 Å². The van der Waals surface area contributed by atoms with Crippen LogP contribution in [0.2, 0.25) is 0 Å². The summed E-state index contributed by atoms with van der Waals surface area (Å²) in [5.41, 5.74) is 2.82. The Morgan fingerprint density at radius 2 is 1.73 bits per heavy atom. The lowest BCUT2D eigenvalue weighted by Gasteiger charge is -2.10. The first kappa shape index (κ1) is 12.5. The van der Waals surface area contributed by atoms with Crippen molar-refractivity contribution < 1.29 is 0 Å². The van der Waals surface area contributed by atoms with Gasteiger partial charge >= 0.3 is 0 Å². The molecule has 0 aliphatic heterocycles. The van der Waals surface area contributed by atoms with Crippen LogP contribution in [0.1, 0.15) is 0 Å². The minimum atomic E-state index is -0.281. The van der Waals surface area contributed by atoms with Gasteiger partial charge in [-0.15, -0.1) is 0 Å². The molecule has 4 rings (SSSR count). The summed E-state index contributed by atoms with van der Waals surface area (Å²) in [5, 5.41) is 0. The van der Waals surface area contributed by atoms with Crippen LogP contribution < -0.4 is 11.1 Å². The Bertz CT molecular complexity index is 1130. The Morgan fingerprint density at radius 3 is 2.64 bits per heavy atom. The van der Waals surface area contributed by atoms with Crippen molar-refractivity contribution in [3.8, 4) is 5.69 Å². The second-order valence-electron chi connectivity index (χ2n) is 4.87. The second-order valence-corrected chi connectivity index (χ2v) is 4.87. The van der Waals surface area contributed by atoms with Gasteiger partial charge in [-0.05, 0) is 30.3 Å². The maximum Gasteiger partial charge on any atom is 0.274 e. The summed E-state index contributed by atoms with van der Waals surface area (Å²) in [4.78, 5) is 34.6. The molecule has 0 saturated carbocycles. The van der Waals surface area contributed by atoms with Gasteiger partial charge in [-0.2, -0.15) is 0 Å². The summed E-state index contributed by atoms with van der Waals surface area (Å²) in [5.74, 6) is 0. The molecule has 4 aromatic rings. The van der Waals surface area contributed by atoms with Gasteiger partial charge in [0.05, 0.1) is 40.1 Å². The molecule has 0 amide bonds.